The summed E-state index contributed by atoms with van der Waals surface area (Å²) in [6.45, 7) is 6.78. The predicted octanol–water partition coefficient (Wildman–Crippen LogP) is 2.42. The molecule has 0 aromatic rings. The molecule has 0 bridgehead atoms. The van der Waals surface area contributed by atoms with Crippen molar-refractivity contribution in [2.24, 2.45) is 0 Å². The van der Waals surface area contributed by atoms with Crippen molar-refractivity contribution < 1.29 is 0 Å². The minimum atomic E-state index is 0. The Bertz CT molecular complexity index is 204. The third-order valence-corrected chi connectivity index (χ3v) is 2.57. The van der Waals surface area contributed by atoms with Gasteiger partial charge in [-0.05, 0) is 19.3 Å². The van der Waals surface area contributed by atoms with Crippen LogP contribution < -0.4 is 0 Å². The molecular formula is C10H17BLi. The Balaban J connectivity index is 0.00000121. The number of rotatable bonds is 3. The van der Waals surface area contributed by atoms with Gasteiger partial charge in [0.1, 0.15) is 0 Å². The second kappa shape index (κ2) is 5.73. The summed E-state index contributed by atoms with van der Waals surface area (Å²) < 4.78 is 0. The van der Waals surface area contributed by atoms with Crippen molar-refractivity contribution in [2.45, 2.75) is 40.0 Å². The van der Waals surface area contributed by atoms with E-state index in [-0.39, 0.29) is 18.9 Å². The zero-order chi connectivity index (χ0) is 8.27. The van der Waals surface area contributed by atoms with E-state index in [0.717, 1.165) is 0 Å². The Kier molecular flexibility index (Phi) is 5.80. The summed E-state index contributed by atoms with van der Waals surface area (Å²) in [5.41, 5.74) is 4.92. The van der Waals surface area contributed by atoms with Crippen molar-refractivity contribution in [2.75, 3.05) is 0 Å². The van der Waals surface area contributed by atoms with Gasteiger partial charge >= 0.3 is 0 Å². The van der Waals surface area contributed by atoms with Gasteiger partial charge in [-0.1, -0.05) is 37.4 Å². The van der Waals surface area contributed by atoms with Gasteiger partial charge in [0.15, 0.2) is 7.28 Å². The molecule has 0 aromatic heterocycles. The van der Waals surface area contributed by atoms with E-state index >= 15 is 0 Å². The van der Waals surface area contributed by atoms with E-state index in [1.807, 2.05) is 0 Å². The SMILES string of the molecule is CCC1=CBC(CC)=C1CC.[Li]. The van der Waals surface area contributed by atoms with E-state index in [1.54, 1.807) is 16.6 Å². The second-order valence-corrected chi connectivity index (χ2v) is 3.08. The van der Waals surface area contributed by atoms with Crippen LogP contribution in [0.3, 0.4) is 0 Å². The molecule has 1 rings (SSSR count). The standard InChI is InChI=1S/C10H17B.Li/c1-4-8-7-11-10(6-3)9(8)5-2;/h7,11H,4-6H2,1-3H3;. The molecule has 0 amide bonds. The first-order valence-electron chi connectivity index (χ1n) is 4.73. The van der Waals surface area contributed by atoms with Crippen LogP contribution in [0.4, 0.5) is 0 Å². The van der Waals surface area contributed by atoms with Crippen molar-refractivity contribution in [1.82, 2.24) is 0 Å². The van der Waals surface area contributed by atoms with Crippen LogP contribution in [0.1, 0.15) is 40.0 Å². The molecule has 1 aliphatic heterocycles. The Labute approximate surface area is 88.9 Å². The maximum atomic E-state index is 2.40. The molecule has 0 N–H and O–H groups in total. The smallest absolute Gasteiger partial charge is 0.111 e. The monoisotopic (exact) mass is 155 g/mol. The van der Waals surface area contributed by atoms with Crippen LogP contribution in [-0.4, -0.2) is 26.1 Å². The molecule has 2 heteroatoms. The van der Waals surface area contributed by atoms with Gasteiger partial charge < -0.3 is 0 Å². The van der Waals surface area contributed by atoms with Gasteiger partial charge in [-0.3, -0.25) is 0 Å². The molecule has 0 atom stereocenters. The fourth-order valence-electron chi connectivity index (χ4n) is 1.91. The maximum Gasteiger partial charge on any atom is 0.178 e. The molecule has 0 saturated heterocycles. The van der Waals surface area contributed by atoms with Gasteiger partial charge in [0.05, 0.1) is 0 Å². The number of allylic oxidation sites excluding steroid dienone is 3. The van der Waals surface area contributed by atoms with Crippen LogP contribution in [0.25, 0.3) is 0 Å². The zero-order valence-electron chi connectivity index (χ0n) is 8.91. The fourth-order valence-corrected chi connectivity index (χ4v) is 1.91. The van der Waals surface area contributed by atoms with Crippen molar-refractivity contribution in [1.29, 1.82) is 0 Å². The average Bonchev–Trinajstić information content (AvgIpc) is 2.45. The number of hydrogen-bond acceptors (Lipinski definition) is 0. The van der Waals surface area contributed by atoms with E-state index in [1.165, 1.54) is 26.5 Å². The normalized spacial score (nSPS) is 15.4. The zero-order valence-corrected chi connectivity index (χ0v) is 8.91. The first kappa shape index (κ1) is 12.1. The van der Waals surface area contributed by atoms with Gasteiger partial charge in [0.2, 0.25) is 0 Å². The van der Waals surface area contributed by atoms with Crippen molar-refractivity contribution in [3.8, 4) is 0 Å². The molecule has 1 aliphatic rings. The first-order chi connectivity index (χ1) is 5.33. The predicted molar refractivity (Wildman–Crippen MR) is 58.9 cm³/mol. The van der Waals surface area contributed by atoms with Crippen LogP contribution in [-0.2, 0) is 0 Å². The summed E-state index contributed by atoms with van der Waals surface area (Å²) in [5, 5.41) is 0. The fraction of sp³-hybridized carbons (Fsp3) is 0.600. The van der Waals surface area contributed by atoms with Crippen LogP contribution in [0.5, 0.6) is 0 Å². The molecule has 0 aromatic carbocycles. The summed E-state index contributed by atoms with van der Waals surface area (Å²) in [7, 11) is 1.23. The molecule has 0 spiro atoms. The molecule has 1 heterocycles. The van der Waals surface area contributed by atoms with Crippen LogP contribution in [0.2, 0.25) is 0 Å². The van der Waals surface area contributed by atoms with E-state index in [9.17, 15) is 0 Å². The minimum Gasteiger partial charge on any atom is -0.111 e. The second-order valence-electron chi connectivity index (χ2n) is 3.08. The molecular weight excluding hydrogens is 138 g/mol. The van der Waals surface area contributed by atoms with Crippen molar-refractivity contribution in [3.05, 3.63) is 22.6 Å². The van der Waals surface area contributed by atoms with Gasteiger partial charge in [0, 0.05) is 18.9 Å². The van der Waals surface area contributed by atoms with E-state index < -0.39 is 0 Å². The quantitative estimate of drug-likeness (QED) is 0.549. The molecule has 0 fully saturated rings. The largest absolute Gasteiger partial charge is 0.178 e. The molecule has 0 aliphatic carbocycles. The van der Waals surface area contributed by atoms with Crippen LogP contribution >= 0.6 is 0 Å². The van der Waals surface area contributed by atoms with Crippen LogP contribution in [0.15, 0.2) is 22.6 Å². The van der Waals surface area contributed by atoms with Gasteiger partial charge in [0.25, 0.3) is 0 Å². The summed E-state index contributed by atoms with van der Waals surface area (Å²) in [5.74, 6) is 2.40. The van der Waals surface area contributed by atoms with E-state index in [0.29, 0.717) is 0 Å². The van der Waals surface area contributed by atoms with Crippen LogP contribution in [0, 0.1) is 0 Å². The topological polar surface area (TPSA) is 0 Å². The first-order valence-corrected chi connectivity index (χ1v) is 4.73. The van der Waals surface area contributed by atoms with E-state index in [4.69, 9.17) is 0 Å². The Morgan fingerprint density at radius 2 is 1.75 bits per heavy atom. The summed E-state index contributed by atoms with van der Waals surface area (Å²) in [6, 6.07) is 0. The summed E-state index contributed by atoms with van der Waals surface area (Å²) in [6.07, 6.45) is 3.68. The van der Waals surface area contributed by atoms with Gasteiger partial charge in [-0.2, -0.15) is 0 Å². The summed E-state index contributed by atoms with van der Waals surface area (Å²) >= 11 is 0. The van der Waals surface area contributed by atoms with E-state index in [2.05, 4.69) is 26.7 Å². The Hall–Kier alpha value is 0.142. The third kappa shape index (κ3) is 2.31. The minimum absolute atomic E-state index is 0. The van der Waals surface area contributed by atoms with Gasteiger partial charge in [-0.15, -0.1) is 5.98 Å². The molecule has 1 radical (unpaired) electrons. The van der Waals surface area contributed by atoms with Crippen molar-refractivity contribution >= 4 is 26.1 Å². The summed E-state index contributed by atoms with van der Waals surface area (Å²) in [4.78, 5) is 0. The molecule has 0 unspecified atom stereocenters. The maximum absolute atomic E-state index is 2.40. The molecule has 0 nitrogen and oxygen atoms in total. The Morgan fingerprint density at radius 3 is 2.17 bits per heavy atom. The molecule has 0 saturated carbocycles. The average molecular weight is 155 g/mol. The number of hydrogen-bond donors (Lipinski definition) is 0. The van der Waals surface area contributed by atoms with Gasteiger partial charge in [-0.25, -0.2) is 0 Å². The Morgan fingerprint density at radius 1 is 1.08 bits per heavy atom. The third-order valence-electron chi connectivity index (χ3n) is 2.57. The van der Waals surface area contributed by atoms with Crippen molar-refractivity contribution in [3.63, 3.8) is 0 Å². The molecule has 12 heavy (non-hydrogen) atoms. The molecule has 61 valence electrons.